The number of carbonyl (C=O) groups is 1. The van der Waals surface area contributed by atoms with E-state index in [1.165, 1.54) is 11.8 Å². The Bertz CT molecular complexity index is 849. The van der Waals surface area contributed by atoms with Gasteiger partial charge in [-0.2, -0.15) is 4.68 Å². The number of anilines is 1. The summed E-state index contributed by atoms with van der Waals surface area (Å²) in [5.41, 5.74) is 2.91. The number of rotatable bonds is 6. The predicted molar refractivity (Wildman–Crippen MR) is 99.1 cm³/mol. The molecule has 0 fully saturated rings. The summed E-state index contributed by atoms with van der Waals surface area (Å²) >= 11 is 1.34. The zero-order chi connectivity index (χ0) is 17.6. The molecule has 6 nitrogen and oxygen atoms in total. The molecule has 0 radical (unpaired) electrons. The Labute approximate surface area is 150 Å². The topological polar surface area (TPSA) is 63.9 Å². The van der Waals surface area contributed by atoms with E-state index < -0.39 is 0 Å². The smallest absolute Gasteiger partial charge is 0.237 e. The first-order chi connectivity index (χ1) is 12.2. The van der Waals surface area contributed by atoms with Crippen LogP contribution in [0.15, 0.2) is 59.8 Å². The molecule has 7 heteroatoms. The van der Waals surface area contributed by atoms with Gasteiger partial charge in [0.15, 0.2) is 0 Å². The van der Waals surface area contributed by atoms with Gasteiger partial charge in [0, 0.05) is 12.2 Å². The molecule has 2 aromatic carbocycles. The fraction of sp³-hybridized carbons (Fsp3) is 0.222. The molecule has 1 aromatic heterocycles. The first-order valence-electron chi connectivity index (χ1n) is 8.02. The number of hydrogen-bond donors (Lipinski definition) is 0. The molecule has 0 saturated carbocycles. The van der Waals surface area contributed by atoms with Crippen LogP contribution in [0.4, 0.5) is 5.69 Å². The van der Waals surface area contributed by atoms with Crippen molar-refractivity contribution in [3.05, 3.63) is 60.2 Å². The van der Waals surface area contributed by atoms with Gasteiger partial charge in [0.1, 0.15) is 0 Å². The van der Waals surface area contributed by atoms with Crippen LogP contribution in [-0.4, -0.2) is 38.4 Å². The SMILES string of the molecule is CCN(C(=O)CSc1nnnn1-c1cccc(C)c1)c1ccccc1. The molecule has 0 atom stereocenters. The minimum absolute atomic E-state index is 0.0255. The van der Waals surface area contributed by atoms with Crippen molar-refractivity contribution >= 4 is 23.4 Å². The fourth-order valence-electron chi connectivity index (χ4n) is 2.51. The van der Waals surface area contributed by atoms with E-state index in [-0.39, 0.29) is 11.7 Å². The Balaban J connectivity index is 1.72. The van der Waals surface area contributed by atoms with Gasteiger partial charge in [-0.3, -0.25) is 4.79 Å². The van der Waals surface area contributed by atoms with Gasteiger partial charge in [-0.05, 0) is 54.1 Å². The van der Waals surface area contributed by atoms with Gasteiger partial charge in [-0.15, -0.1) is 5.10 Å². The quantitative estimate of drug-likeness (QED) is 0.637. The summed E-state index contributed by atoms with van der Waals surface area (Å²) < 4.78 is 1.66. The van der Waals surface area contributed by atoms with Crippen LogP contribution in [0.25, 0.3) is 5.69 Å². The van der Waals surface area contributed by atoms with Gasteiger partial charge in [0.2, 0.25) is 11.1 Å². The zero-order valence-electron chi connectivity index (χ0n) is 14.2. The van der Waals surface area contributed by atoms with Crippen LogP contribution in [0, 0.1) is 6.92 Å². The van der Waals surface area contributed by atoms with Crippen LogP contribution in [0.5, 0.6) is 0 Å². The maximum absolute atomic E-state index is 12.6. The third-order valence-electron chi connectivity index (χ3n) is 3.70. The van der Waals surface area contributed by atoms with Gasteiger partial charge in [-0.1, -0.05) is 42.1 Å². The minimum Gasteiger partial charge on any atom is -0.312 e. The van der Waals surface area contributed by atoms with E-state index in [1.807, 2.05) is 68.4 Å². The largest absolute Gasteiger partial charge is 0.312 e. The Morgan fingerprint density at radius 2 is 1.96 bits per heavy atom. The van der Waals surface area contributed by atoms with Crippen molar-refractivity contribution in [1.29, 1.82) is 0 Å². The van der Waals surface area contributed by atoms with Crippen molar-refractivity contribution in [2.75, 3.05) is 17.2 Å². The highest BCUT2D eigenvalue weighted by Crippen LogP contribution is 2.21. The lowest BCUT2D eigenvalue weighted by molar-refractivity contribution is -0.116. The van der Waals surface area contributed by atoms with E-state index in [4.69, 9.17) is 0 Å². The van der Waals surface area contributed by atoms with E-state index >= 15 is 0 Å². The van der Waals surface area contributed by atoms with Crippen LogP contribution in [0.1, 0.15) is 12.5 Å². The van der Waals surface area contributed by atoms with Crippen molar-refractivity contribution in [3.8, 4) is 5.69 Å². The predicted octanol–water partition coefficient (Wildman–Crippen LogP) is 3.12. The number of para-hydroxylation sites is 1. The number of benzene rings is 2. The highest BCUT2D eigenvalue weighted by atomic mass is 32.2. The first kappa shape index (κ1) is 17.2. The van der Waals surface area contributed by atoms with Crippen molar-refractivity contribution in [2.24, 2.45) is 0 Å². The molecular formula is C18H19N5OS. The van der Waals surface area contributed by atoms with Crippen molar-refractivity contribution in [2.45, 2.75) is 19.0 Å². The second kappa shape index (κ2) is 7.94. The van der Waals surface area contributed by atoms with Crippen LogP contribution in [0.2, 0.25) is 0 Å². The van der Waals surface area contributed by atoms with Crippen LogP contribution < -0.4 is 4.90 Å². The summed E-state index contributed by atoms with van der Waals surface area (Å²) in [5, 5.41) is 12.4. The summed E-state index contributed by atoms with van der Waals surface area (Å²) in [5.74, 6) is 0.298. The molecule has 0 spiro atoms. The van der Waals surface area contributed by atoms with Gasteiger partial charge in [-0.25, -0.2) is 0 Å². The summed E-state index contributed by atoms with van der Waals surface area (Å²) in [7, 11) is 0. The number of tetrazole rings is 1. The lowest BCUT2D eigenvalue weighted by Crippen LogP contribution is -2.32. The number of nitrogens with zero attached hydrogens (tertiary/aromatic N) is 5. The fourth-order valence-corrected chi connectivity index (χ4v) is 3.27. The van der Waals surface area contributed by atoms with E-state index in [9.17, 15) is 4.79 Å². The van der Waals surface area contributed by atoms with Gasteiger partial charge in [0.05, 0.1) is 11.4 Å². The molecule has 0 aliphatic heterocycles. The highest BCUT2D eigenvalue weighted by molar-refractivity contribution is 7.99. The Morgan fingerprint density at radius 3 is 2.68 bits per heavy atom. The number of amides is 1. The van der Waals surface area contributed by atoms with Crippen molar-refractivity contribution in [3.63, 3.8) is 0 Å². The Hall–Kier alpha value is -2.67. The monoisotopic (exact) mass is 353 g/mol. The molecular weight excluding hydrogens is 334 g/mol. The first-order valence-corrected chi connectivity index (χ1v) is 9.01. The molecule has 0 bridgehead atoms. The van der Waals surface area contributed by atoms with E-state index in [1.54, 1.807) is 9.58 Å². The third kappa shape index (κ3) is 4.06. The molecule has 128 valence electrons. The molecule has 25 heavy (non-hydrogen) atoms. The summed E-state index contributed by atoms with van der Waals surface area (Å²) in [6.45, 7) is 4.60. The average Bonchev–Trinajstić information content (AvgIpc) is 3.10. The summed E-state index contributed by atoms with van der Waals surface area (Å²) in [6, 6.07) is 17.6. The number of thioether (sulfide) groups is 1. The molecule has 0 saturated heterocycles. The van der Waals surface area contributed by atoms with E-state index in [0.29, 0.717) is 11.7 Å². The number of aromatic nitrogens is 4. The Kier molecular flexibility index (Phi) is 5.45. The molecule has 1 heterocycles. The van der Waals surface area contributed by atoms with E-state index in [2.05, 4.69) is 15.5 Å². The van der Waals surface area contributed by atoms with Crippen LogP contribution in [-0.2, 0) is 4.79 Å². The van der Waals surface area contributed by atoms with E-state index in [0.717, 1.165) is 16.9 Å². The molecule has 3 aromatic rings. The van der Waals surface area contributed by atoms with Crippen molar-refractivity contribution < 1.29 is 4.79 Å². The molecule has 3 rings (SSSR count). The number of carbonyl (C=O) groups excluding carboxylic acids is 1. The second-order valence-electron chi connectivity index (χ2n) is 5.47. The van der Waals surface area contributed by atoms with Gasteiger partial charge in [0.25, 0.3) is 0 Å². The summed E-state index contributed by atoms with van der Waals surface area (Å²) in [4.78, 5) is 14.4. The highest BCUT2D eigenvalue weighted by Gasteiger charge is 2.16. The normalized spacial score (nSPS) is 10.6. The molecule has 0 aliphatic carbocycles. The van der Waals surface area contributed by atoms with Gasteiger partial charge >= 0.3 is 0 Å². The standard InChI is InChI=1S/C18H19N5OS/c1-3-22(15-9-5-4-6-10-15)17(24)13-25-18-19-20-21-23(18)16-11-7-8-14(2)12-16/h4-12H,3,13H2,1-2H3. The lowest BCUT2D eigenvalue weighted by atomic mass is 10.2. The van der Waals surface area contributed by atoms with Gasteiger partial charge < -0.3 is 4.90 Å². The lowest BCUT2D eigenvalue weighted by Gasteiger charge is -2.20. The Morgan fingerprint density at radius 1 is 1.16 bits per heavy atom. The summed E-state index contributed by atoms with van der Waals surface area (Å²) in [6.07, 6.45) is 0. The average molecular weight is 353 g/mol. The van der Waals surface area contributed by atoms with Crippen LogP contribution in [0.3, 0.4) is 0 Å². The van der Waals surface area contributed by atoms with Crippen molar-refractivity contribution in [1.82, 2.24) is 20.2 Å². The maximum atomic E-state index is 12.6. The second-order valence-corrected chi connectivity index (χ2v) is 6.42. The number of hydrogen-bond acceptors (Lipinski definition) is 5. The molecule has 0 aliphatic rings. The molecule has 0 N–H and O–H groups in total. The van der Waals surface area contributed by atoms with Crippen LogP contribution >= 0.6 is 11.8 Å². The third-order valence-corrected chi connectivity index (χ3v) is 4.60. The maximum Gasteiger partial charge on any atom is 0.237 e. The minimum atomic E-state index is 0.0255. The molecule has 0 unspecified atom stereocenters. The zero-order valence-corrected chi connectivity index (χ0v) is 15.0. The number of aryl methyl sites for hydroxylation is 1. The molecule has 1 amide bonds.